The second-order valence-corrected chi connectivity index (χ2v) is 8.79. The van der Waals surface area contributed by atoms with E-state index in [4.69, 9.17) is 0 Å². The molecule has 0 saturated carbocycles. The van der Waals surface area contributed by atoms with Crippen molar-refractivity contribution in [3.63, 3.8) is 0 Å². The molecule has 0 bridgehead atoms. The zero-order valence-corrected chi connectivity index (χ0v) is 14.3. The summed E-state index contributed by atoms with van der Waals surface area (Å²) < 4.78 is 25.0. The van der Waals surface area contributed by atoms with Crippen LogP contribution in [0.3, 0.4) is 0 Å². The van der Waals surface area contributed by atoms with Gasteiger partial charge in [0, 0.05) is 6.07 Å². The van der Waals surface area contributed by atoms with Gasteiger partial charge in [-0.25, -0.2) is 13.1 Å². The molecule has 1 aromatic rings. The fraction of sp³-hybridized carbons (Fsp3) is 0.733. The van der Waals surface area contributed by atoms with E-state index >= 15 is 0 Å². The molecule has 7 nitrogen and oxygen atoms in total. The highest BCUT2D eigenvalue weighted by atomic mass is 32.2. The van der Waals surface area contributed by atoms with Crippen molar-refractivity contribution in [1.29, 1.82) is 0 Å². The number of sulfone groups is 1. The van der Waals surface area contributed by atoms with E-state index in [9.17, 15) is 13.2 Å². The van der Waals surface area contributed by atoms with Crippen molar-refractivity contribution in [2.75, 3.05) is 36.5 Å². The van der Waals surface area contributed by atoms with Gasteiger partial charge in [-0.15, -0.1) is 0 Å². The molecule has 3 heterocycles. The van der Waals surface area contributed by atoms with Gasteiger partial charge in [0.1, 0.15) is 5.82 Å². The van der Waals surface area contributed by atoms with Crippen molar-refractivity contribution in [2.45, 2.75) is 38.6 Å². The molecule has 2 aliphatic rings. The number of rotatable bonds is 4. The molecule has 0 spiro atoms. The van der Waals surface area contributed by atoms with E-state index in [2.05, 4.69) is 15.3 Å². The lowest BCUT2D eigenvalue weighted by atomic mass is 10.1. The summed E-state index contributed by atoms with van der Waals surface area (Å²) in [5.74, 6) is 0.835. The summed E-state index contributed by atoms with van der Waals surface area (Å²) in [6.45, 7) is 4.16. The van der Waals surface area contributed by atoms with Crippen LogP contribution < -0.4 is 5.32 Å². The average Bonchev–Trinajstić information content (AvgIpc) is 3.02. The Morgan fingerprint density at radius 3 is 2.74 bits per heavy atom. The van der Waals surface area contributed by atoms with Gasteiger partial charge in [-0.05, 0) is 39.3 Å². The van der Waals surface area contributed by atoms with Gasteiger partial charge in [0.2, 0.25) is 5.91 Å². The minimum atomic E-state index is -2.98. The monoisotopic (exact) mass is 340 g/mol. The average molecular weight is 340 g/mol. The molecule has 0 radical (unpaired) electrons. The third kappa shape index (κ3) is 4.11. The predicted octanol–water partition coefficient (Wildman–Crippen LogP) is 0.976. The molecule has 0 aliphatic carbocycles. The molecular weight excluding hydrogens is 316 g/mol. The quantitative estimate of drug-likeness (QED) is 0.883. The van der Waals surface area contributed by atoms with E-state index in [0.29, 0.717) is 18.8 Å². The minimum absolute atomic E-state index is 0.0612. The van der Waals surface area contributed by atoms with E-state index in [0.717, 1.165) is 31.6 Å². The number of carbonyl (C=O) groups excluding carboxylic acids is 1. The van der Waals surface area contributed by atoms with Crippen molar-refractivity contribution >= 4 is 21.6 Å². The second kappa shape index (κ2) is 6.60. The standard InChI is InChI=1S/C15H24N4O3S/c1-12-9-14(16-15(20)10-18-6-3-2-4-7-18)19(17-12)13-5-8-23(21,22)11-13/h9,13H,2-8,10-11H2,1H3,(H,16,20). The van der Waals surface area contributed by atoms with Crippen LogP contribution in [0.1, 0.15) is 37.4 Å². The van der Waals surface area contributed by atoms with Gasteiger partial charge < -0.3 is 5.32 Å². The molecule has 128 valence electrons. The topological polar surface area (TPSA) is 84.3 Å². The van der Waals surface area contributed by atoms with E-state index in [1.54, 1.807) is 10.7 Å². The maximum atomic E-state index is 12.3. The highest BCUT2D eigenvalue weighted by Gasteiger charge is 2.31. The fourth-order valence-corrected chi connectivity index (χ4v) is 5.05. The lowest BCUT2D eigenvalue weighted by molar-refractivity contribution is -0.117. The van der Waals surface area contributed by atoms with Gasteiger partial charge >= 0.3 is 0 Å². The lowest BCUT2D eigenvalue weighted by Crippen LogP contribution is -2.37. The molecule has 2 saturated heterocycles. The molecule has 1 atom stereocenters. The van der Waals surface area contributed by atoms with Crippen LogP contribution in [-0.2, 0) is 14.6 Å². The van der Waals surface area contributed by atoms with Crippen LogP contribution in [0.4, 0.5) is 5.82 Å². The van der Waals surface area contributed by atoms with Crippen LogP contribution in [0.25, 0.3) is 0 Å². The fourth-order valence-electron chi connectivity index (χ4n) is 3.36. The molecule has 1 unspecified atom stereocenters. The first-order chi connectivity index (χ1) is 10.9. The largest absolute Gasteiger partial charge is 0.310 e. The summed E-state index contributed by atoms with van der Waals surface area (Å²) in [5.41, 5.74) is 0.780. The van der Waals surface area contributed by atoms with Crippen LogP contribution in [0.2, 0.25) is 0 Å². The minimum Gasteiger partial charge on any atom is -0.310 e. The summed E-state index contributed by atoms with van der Waals surface area (Å²) in [7, 11) is -2.98. The Labute approximate surface area is 137 Å². The van der Waals surface area contributed by atoms with Gasteiger partial charge in [0.15, 0.2) is 9.84 Å². The number of hydrogen-bond acceptors (Lipinski definition) is 5. The molecule has 1 aromatic heterocycles. The summed E-state index contributed by atoms with van der Waals surface area (Å²) in [4.78, 5) is 14.4. The predicted molar refractivity (Wildman–Crippen MR) is 88.2 cm³/mol. The van der Waals surface area contributed by atoms with Gasteiger partial charge in [0.25, 0.3) is 0 Å². The Morgan fingerprint density at radius 2 is 2.09 bits per heavy atom. The van der Waals surface area contributed by atoms with Crippen LogP contribution in [0.15, 0.2) is 6.07 Å². The van der Waals surface area contributed by atoms with Gasteiger partial charge in [-0.2, -0.15) is 5.10 Å². The molecule has 8 heteroatoms. The smallest absolute Gasteiger partial charge is 0.239 e. The Morgan fingerprint density at radius 1 is 1.35 bits per heavy atom. The number of aryl methyl sites for hydroxylation is 1. The van der Waals surface area contributed by atoms with Crippen molar-refractivity contribution in [3.05, 3.63) is 11.8 Å². The maximum Gasteiger partial charge on any atom is 0.239 e. The maximum absolute atomic E-state index is 12.3. The number of nitrogens with one attached hydrogen (secondary N) is 1. The van der Waals surface area contributed by atoms with Gasteiger partial charge in [-0.1, -0.05) is 6.42 Å². The first kappa shape index (κ1) is 16.4. The Hall–Kier alpha value is -1.41. The molecule has 23 heavy (non-hydrogen) atoms. The summed E-state index contributed by atoms with van der Waals surface area (Å²) in [5, 5.41) is 7.29. The number of piperidine rings is 1. The van der Waals surface area contributed by atoms with Crippen molar-refractivity contribution in [3.8, 4) is 0 Å². The third-order valence-corrected chi connectivity index (χ3v) is 6.25. The molecule has 2 fully saturated rings. The third-order valence-electron chi connectivity index (χ3n) is 4.50. The van der Waals surface area contributed by atoms with Crippen LogP contribution in [-0.4, -0.2) is 60.1 Å². The van der Waals surface area contributed by atoms with E-state index in [1.807, 2.05) is 6.92 Å². The second-order valence-electron chi connectivity index (χ2n) is 6.56. The lowest BCUT2D eigenvalue weighted by Gasteiger charge is -2.25. The van der Waals surface area contributed by atoms with Gasteiger partial charge in [-0.3, -0.25) is 9.69 Å². The molecule has 3 rings (SSSR count). The number of amides is 1. The summed E-state index contributed by atoms with van der Waals surface area (Å²) >= 11 is 0. The number of hydrogen-bond donors (Lipinski definition) is 1. The van der Waals surface area contributed by atoms with E-state index in [1.165, 1.54) is 6.42 Å². The number of likely N-dealkylation sites (tertiary alicyclic amines) is 1. The summed E-state index contributed by atoms with van der Waals surface area (Å²) in [6.07, 6.45) is 4.08. The number of aromatic nitrogens is 2. The molecule has 1 N–H and O–H groups in total. The van der Waals surface area contributed by atoms with Crippen molar-refractivity contribution in [2.24, 2.45) is 0 Å². The van der Waals surface area contributed by atoms with Crippen LogP contribution in [0, 0.1) is 6.92 Å². The first-order valence-electron chi connectivity index (χ1n) is 8.22. The van der Waals surface area contributed by atoms with E-state index < -0.39 is 9.84 Å². The highest BCUT2D eigenvalue weighted by molar-refractivity contribution is 7.91. The number of carbonyl (C=O) groups is 1. The Balaban J connectivity index is 1.67. The van der Waals surface area contributed by atoms with Crippen LogP contribution in [0.5, 0.6) is 0 Å². The van der Waals surface area contributed by atoms with Crippen LogP contribution >= 0.6 is 0 Å². The normalized spacial score (nSPS) is 24.7. The molecular formula is C15H24N4O3S. The van der Waals surface area contributed by atoms with Gasteiger partial charge in [0.05, 0.1) is 29.8 Å². The van der Waals surface area contributed by atoms with Crippen molar-refractivity contribution < 1.29 is 13.2 Å². The summed E-state index contributed by atoms with van der Waals surface area (Å²) in [6, 6.07) is 1.62. The van der Waals surface area contributed by atoms with E-state index in [-0.39, 0.29) is 23.5 Å². The zero-order valence-electron chi connectivity index (χ0n) is 13.5. The number of nitrogens with zero attached hydrogens (tertiary/aromatic N) is 3. The molecule has 2 aliphatic heterocycles. The SMILES string of the molecule is Cc1cc(NC(=O)CN2CCCCC2)n(C2CCS(=O)(=O)C2)n1. The zero-order chi connectivity index (χ0) is 16.4. The first-order valence-corrected chi connectivity index (χ1v) is 10.0. The molecule has 0 aromatic carbocycles. The Bertz CT molecular complexity index is 677. The highest BCUT2D eigenvalue weighted by Crippen LogP contribution is 2.27. The van der Waals surface area contributed by atoms with Crippen molar-refractivity contribution in [1.82, 2.24) is 14.7 Å². The Kier molecular flexibility index (Phi) is 4.72. The number of anilines is 1. The molecule has 1 amide bonds.